The Morgan fingerprint density at radius 3 is 2.16 bits per heavy atom. The van der Waals surface area contributed by atoms with Crippen molar-refractivity contribution in [2.75, 3.05) is 32.1 Å². The number of hydrogen-bond donors (Lipinski definition) is 2. The van der Waals surface area contributed by atoms with E-state index in [0.29, 0.717) is 0 Å². The first kappa shape index (κ1) is 26.0. The molecule has 11 heteroatoms. The summed E-state index contributed by atoms with van der Waals surface area (Å²) < 4.78 is 45.2. The number of fused-ring (bicyclic) bond motifs is 1. The Morgan fingerprint density at radius 2 is 1.65 bits per heavy atom. The highest BCUT2D eigenvalue weighted by molar-refractivity contribution is 5.98. The summed E-state index contributed by atoms with van der Waals surface area (Å²) in [5.41, 5.74) is -0.777. The molecule has 0 saturated heterocycles. The highest BCUT2D eigenvalue weighted by Crippen LogP contribution is 2.40. The number of carbonyl (C=O) groups excluding carboxylic acids is 2. The fraction of sp³-hybridized carbons (Fsp3) is 0.269. The summed E-state index contributed by atoms with van der Waals surface area (Å²) in [6.07, 6.45) is -4.26. The molecule has 1 atom stereocenters. The highest BCUT2D eigenvalue weighted by Gasteiger charge is 2.42. The molecule has 3 aromatic rings. The first-order valence-electron chi connectivity index (χ1n) is 11.4. The van der Waals surface area contributed by atoms with Crippen molar-refractivity contribution in [1.82, 2.24) is 9.47 Å². The minimum absolute atomic E-state index is 0.0958. The summed E-state index contributed by atoms with van der Waals surface area (Å²) in [4.78, 5) is 39.1. The number of carbonyl (C=O) groups is 2. The molecule has 37 heavy (non-hydrogen) atoms. The molecule has 194 valence electrons. The molecule has 2 heterocycles. The average molecular weight is 515 g/mol. The predicted molar refractivity (Wildman–Crippen MR) is 129 cm³/mol. The predicted octanol–water partition coefficient (Wildman–Crippen LogP) is 3.53. The fourth-order valence-electron chi connectivity index (χ4n) is 4.54. The molecule has 2 amide bonds. The highest BCUT2D eigenvalue weighted by atomic mass is 19.4. The zero-order valence-corrected chi connectivity index (χ0v) is 19.7. The summed E-state index contributed by atoms with van der Waals surface area (Å²) >= 11 is 0. The van der Waals surface area contributed by atoms with Crippen molar-refractivity contribution in [2.24, 2.45) is 0 Å². The molecule has 0 spiro atoms. The standard InChI is InChI=1S/C26H24F3N3O5/c1-37-13-12-31-15-19(20(16-8-4-2-5-9-16)17-10-6-3-7-11-17)32-14-18(30-25(36)26(27,28)29)22(33)23(34)21(32)24(31)35/h2-11,14,19-20,34H,12-13,15H2,1H3,(H,30,36)/t19-/m1/s1. The van der Waals surface area contributed by atoms with E-state index in [1.54, 1.807) is 0 Å². The quantitative estimate of drug-likeness (QED) is 0.502. The molecule has 0 fully saturated rings. The van der Waals surface area contributed by atoms with Crippen LogP contribution in [0.5, 0.6) is 5.75 Å². The smallest absolute Gasteiger partial charge is 0.471 e. The van der Waals surface area contributed by atoms with Crippen LogP contribution in [0, 0.1) is 0 Å². The van der Waals surface area contributed by atoms with Gasteiger partial charge in [-0.15, -0.1) is 0 Å². The largest absolute Gasteiger partial charge is 0.502 e. The second kappa shape index (κ2) is 10.5. The molecule has 0 saturated carbocycles. The zero-order valence-electron chi connectivity index (χ0n) is 19.7. The number of anilines is 1. The molecule has 0 unspecified atom stereocenters. The van der Waals surface area contributed by atoms with Gasteiger partial charge >= 0.3 is 12.1 Å². The number of amides is 2. The van der Waals surface area contributed by atoms with Crippen LogP contribution < -0.4 is 10.7 Å². The van der Waals surface area contributed by atoms with Crippen LogP contribution in [-0.4, -0.2) is 59.4 Å². The van der Waals surface area contributed by atoms with E-state index in [9.17, 15) is 32.7 Å². The number of pyridine rings is 1. The maximum Gasteiger partial charge on any atom is 0.471 e. The number of ether oxygens (including phenoxy) is 1. The van der Waals surface area contributed by atoms with Gasteiger partial charge in [0.25, 0.3) is 5.91 Å². The third-order valence-electron chi connectivity index (χ3n) is 6.24. The van der Waals surface area contributed by atoms with E-state index in [2.05, 4.69) is 0 Å². The van der Waals surface area contributed by atoms with Crippen molar-refractivity contribution in [2.45, 2.75) is 18.1 Å². The summed E-state index contributed by atoms with van der Waals surface area (Å²) in [7, 11) is 1.47. The van der Waals surface area contributed by atoms with Crippen molar-refractivity contribution in [3.05, 3.63) is 93.9 Å². The number of hydrogen-bond acceptors (Lipinski definition) is 5. The van der Waals surface area contributed by atoms with Crippen LogP contribution in [0.4, 0.5) is 18.9 Å². The van der Waals surface area contributed by atoms with E-state index >= 15 is 0 Å². The zero-order chi connectivity index (χ0) is 26.7. The second-order valence-electron chi connectivity index (χ2n) is 8.54. The lowest BCUT2D eigenvalue weighted by atomic mass is 9.83. The van der Waals surface area contributed by atoms with E-state index in [1.165, 1.54) is 21.9 Å². The number of aromatic nitrogens is 1. The minimum atomic E-state index is -5.26. The fourth-order valence-corrected chi connectivity index (χ4v) is 4.54. The van der Waals surface area contributed by atoms with E-state index in [1.807, 2.05) is 60.7 Å². The monoisotopic (exact) mass is 515 g/mol. The molecule has 1 aliphatic rings. The summed E-state index contributed by atoms with van der Waals surface area (Å²) in [5, 5.41) is 12.3. The number of alkyl halides is 3. The number of nitrogens with one attached hydrogen (secondary N) is 1. The Balaban J connectivity index is 1.94. The van der Waals surface area contributed by atoms with E-state index in [0.717, 1.165) is 17.3 Å². The third-order valence-corrected chi connectivity index (χ3v) is 6.24. The van der Waals surface area contributed by atoms with Crippen molar-refractivity contribution < 1.29 is 32.6 Å². The van der Waals surface area contributed by atoms with Gasteiger partial charge in [-0.1, -0.05) is 60.7 Å². The number of halogens is 3. The molecule has 0 radical (unpaired) electrons. The molecule has 1 aromatic heterocycles. The van der Waals surface area contributed by atoms with Gasteiger partial charge in [0, 0.05) is 32.3 Å². The molecule has 8 nitrogen and oxygen atoms in total. The normalized spacial score (nSPS) is 15.5. The number of aromatic hydroxyl groups is 1. The van der Waals surface area contributed by atoms with Gasteiger partial charge in [-0.2, -0.15) is 13.2 Å². The van der Waals surface area contributed by atoms with Crippen molar-refractivity contribution in [3.63, 3.8) is 0 Å². The van der Waals surface area contributed by atoms with E-state index in [-0.39, 0.29) is 25.4 Å². The summed E-state index contributed by atoms with van der Waals surface area (Å²) in [5.74, 6) is -4.53. The third kappa shape index (κ3) is 5.21. The van der Waals surface area contributed by atoms with Crippen molar-refractivity contribution >= 4 is 17.5 Å². The minimum Gasteiger partial charge on any atom is -0.502 e. The molecular formula is C26H24F3N3O5. The van der Waals surface area contributed by atoms with Crippen LogP contribution in [0.15, 0.2) is 71.7 Å². The van der Waals surface area contributed by atoms with Gasteiger partial charge < -0.3 is 24.6 Å². The van der Waals surface area contributed by atoms with Crippen LogP contribution in [0.1, 0.15) is 33.6 Å². The van der Waals surface area contributed by atoms with Crippen LogP contribution in [0.25, 0.3) is 0 Å². The van der Waals surface area contributed by atoms with Crippen LogP contribution in [0.2, 0.25) is 0 Å². The van der Waals surface area contributed by atoms with Crippen LogP contribution >= 0.6 is 0 Å². The molecular weight excluding hydrogens is 491 g/mol. The summed E-state index contributed by atoms with van der Waals surface area (Å²) in [6.45, 7) is 0.436. The number of methoxy groups -OCH3 is 1. The first-order chi connectivity index (χ1) is 17.6. The van der Waals surface area contributed by atoms with Crippen molar-refractivity contribution in [3.8, 4) is 5.75 Å². The Bertz CT molecular complexity index is 1300. The molecule has 0 bridgehead atoms. The van der Waals surface area contributed by atoms with Crippen LogP contribution in [-0.2, 0) is 9.53 Å². The Morgan fingerprint density at radius 1 is 1.08 bits per heavy atom. The maximum absolute atomic E-state index is 13.3. The van der Waals surface area contributed by atoms with Gasteiger partial charge in [-0.05, 0) is 11.1 Å². The number of benzene rings is 2. The van der Waals surface area contributed by atoms with Gasteiger partial charge in [0.2, 0.25) is 5.43 Å². The van der Waals surface area contributed by atoms with E-state index in [4.69, 9.17) is 4.74 Å². The molecule has 4 rings (SSSR count). The summed E-state index contributed by atoms with van der Waals surface area (Å²) in [6, 6.07) is 17.9. The van der Waals surface area contributed by atoms with Gasteiger partial charge in [0.05, 0.1) is 12.6 Å². The second-order valence-corrected chi connectivity index (χ2v) is 8.54. The topological polar surface area (TPSA) is 101 Å². The number of nitrogens with zero attached hydrogens (tertiary/aromatic N) is 2. The van der Waals surface area contributed by atoms with Crippen LogP contribution in [0.3, 0.4) is 0 Å². The SMILES string of the molecule is COCCN1C[C@H](C(c2ccccc2)c2ccccc2)n2cc(NC(=O)C(F)(F)F)c(=O)c(O)c2C1=O. The average Bonchev–Trinajstić information content (AvgIpc) is 2.88. The molecule has 2 aromatic carbocycles. The van der Waals surface area contributed by atoms with E-state index < -0.39 is 46.8 Å². The Hall–Kier alpha value is -4.12. The molecule has 2 N–H and O–H groups in total. The number of rotatable bonds is 7. The Labute approximate surface area is 209 Å². The van der Waals surface area contributed by atoms with Crippen molar-refractivity contribution in [1.29, 1.82) is 0 Å². The van der Waals surface area contributed by atoms with Gasteiger partial charge in [0.15, 0.2) is 11.4 Å². The lowest BCUT2D eigenvalue weighted by Crippen LogP contribution is -2.47. The lowest BCUT2D eigenvalue weighted by Gasteiger charge is -2.40. The first-order valence-corrected chi connectivity index (χ1v) is 11.4. The lowest BCUT2D eigenvalue weighted by molar-refractivity contribution is -0.167. The maximum atomic E-state index is 13.3. The molecule has 0 aliphatic carbocycles. The Kier molecular flexibility index (Phi) is 7.35. The van der Waals surface area contributed by atoms with Gasteiger partial charge in [-0.3, -0.25) is 14.4 Å². The molecule has 1 aliphatic heterocycles. The van der Waals surface area contributed by atoms with Gasteiger partial charge in [0.1, 0.15) is 5.69 Å². The van der Waals surface area contributed by atoms with Gasteiger partial charge in [-0.25, -0.2) is 0 Å².